The third-order valence-corrected chi connectivity index (χ3v) is 7.49. The molecule has 4 unspecified atom stereocenters. The minimum atomic E-state index is -0.598. The van der Waals surface area contributed by atoms with Crippen LogP contribution in [-0.2, 0) is 58.4 Å². The first kappa shape index (κ1) is 37.7. The number of ether oxygens (including phenoxy) is 8. The minimum absolute atomic E-state index is 0.0191. The Morgan fingerprint density at radius 1 is 0.614 bits per heavy atom. The largest absolute Gasteiger partial charge is 0.507 e. The van der Waals surface area contributed by atoms with Gasteiger partial charge in [-0.3, -0.25) is 0 Å². The predicted octanol–water partition coefficient (Wildman–Crippen LogP) is 5.70. The monoisotopic (exact) mass is 622 g/mol. The molecule has 0 spiro atoms. The Morgan fingerprint density at radius 3 is 1.55 bits per heavy atom. The number of rotatable bonds is 21. The lowest BCUT2D eigenvalue weighted by molar-refractivity contribution is -0.119. The van der Waals surface area contributed by atoms with E-state index in [1.807, 2.05) is 45.0 Å². The van der Waals surface area contributed by atoms with Gasteiger partial charge in [-0.25, -0.2) is 0 Å². The number of aromatic hydroxyl groups is 2. The van der Waals surface area contributed by atoms with Gasteiger partial charge in [0.05, 0.1) is 58.5 Å². The van der Waals surface area contributed by atoms with E-state index in [1.165, 1.54) is 0 Å². The molecule has 10 nitrogen and oxygen atoms in total. The van der Waals surface area contributed by atoms with E-state index in [0.29, 0.717) is 48.9 Å². The Labute approximate surface area is 263 Å². The summed E-state index contributed by atoms with van der Waals surface area (Å²) in [6, 6.07) is 7.69. The van der Waals surface area contributed by atoms with Gasteiger partial charge in [-0.1, -0.05) is 20.8 Å². The highest BCUT2D eigenvalue weighted by atomic mass is 16.7. The highest BCUT2D eigenvalue weighted by molar-refractivity contribution is 5.54. The molecule has 0 radical (unpaired) electrons. The van der Waals surface area contributed by atoms with Crippen molar-refractivity contribution in [3.8, 4) is 17.2 Å². The van der Waals surface area contributed by atoms with Crippen LogP contribution in [0.25, 0.3) is 0 Å². The summed E-state index contributed by atoms with van der Waals surface area (Å²) in [6.07, 6.45) is -0.779. The number of hydrogen-bond donors (Lipinski definition) is 2. The number of hydrogen-bond acceptors (Lipinski definition) is 10. The minimum Gasteiger partial charge on any atom is -0.507 e. The number of phenols is 2. The van der Waals surface area contributed by atoms with Gasteiger partial charge in [0.2, 0.25) is 0 Å². The van der Waals surface area contributed by atoms with Crippen molar-refractivity contribution >= 4 is 0 Å². The molecule has 0 heterocycles. The second kappa shape index (κ2) is 18.5. The van der Waals surface area contributed by atoms with Gasteiger partial charge >= 0.3 is 0 Å². The van der Waals surface area contributed by atoms with Crippen molar-refractivity contribution in [2.75, 3.05) is 54.9 Å². The first-order chi connectivity index (χ1) is 20.9. The molecule has 2 rings (SSSR count). The summed E-state index contributed by atoms with van der Waals surface area (Å²) in [7, 11) is 6.46. The van der Waals surface area contributed by atoms with Crippen LogP contribution in [0.5, 0.6) is 17.2 Å². The van der Waals surface area contributed by atoms with Gasteiger partial charge in [-0.15, -0.1) is 0 Å². The van der Waals surface area contributed by atoms with Crippen LogP contribution in [0.1, 0.15) is 69.4 Å². The van der Waals surface area contributed by atoms with E-state index in [9.17, 15) is 10.2 Å². The van der Waals surface area contributed by atoms with Gasteiger partial charge in [0.15, 0.2) is 17.8 Å². The maximum Gasteiger partial charge on any atom is 0.163 e. The molecular formula is C34H54O10. The van der Waals surface area contributed by atoms with E-state index in [0.717, 1.165) is 11.1 Å². The van der Waals surface area contributed by atoms with Gasteiger partial charge in [0.1, 0.15) is 5.75 Å². The van der Waals surface area contributed by atoms with E-state index in [-0.39, 0.29) is 49.4 Å². The SMILES string of the molecule is COCC(C)COc1cc(C(C)(C)c2cc(COC(C)COC)c(O)c(COC(C)COC)c2)cc(COC(C)OC)c1O. The highest BCUT2D eigenvalue weighted by Crippen LogP contribution is 2.42. The molecular weight excluding hydrogens is 568 g/mol. The summed E-state index contributed by atoms with van der Waals surface area (Å²) in [5.74, 6) is 0.622. The number of benzene rings is 2. The van der Waals surface area contributed by atoms with Gasteiger partial charge in [0.25, 0.3) is 0 Å². The molecule has 0 aliphatic heterocycles. The Hall–Kier alpha value is -2.44. The van der Waals surface area contributed by atoms with E-state index in [2.05, 4.69) is 13.8 Å². The smallest absolute Gasteiger partial charge is 0.163 e. The summed E-state index contributed by atoms with van der Waals surface area (Å²) >= 11 is 0. The lowest BCUT2D eigenvalue weighted by Gasteiger charge is -2.30. The third kappa shape index (κ3) is 11.2. The van der Waals surface area contributed by atoms with Crippen LogP contribution in [-0.4, -0.2) is 83.6 Å². The summed E-state index contributed by atoms with van der Waals surface area (Å²) in [5, 5.41) is 22.4. The Bertz CT molecular complexity index is 1100. The number of phenolic OH excluding ortho intramolecular Hbond substituents is 2. The van der Waals surface area contributed by atoms with Crippen LogP contribution in [0, 0.1) is 5.92 Å². The summed E-state index contributed by atoms with van der Waals surface area (Å²) in [4.78, 5) is 0. The molecule has 0 saturated carbocycles. The molecule has 0 aromatic heterocycles. The maximum atomic E-state index is 11.3. The van der Waals surface area contributed by atoms with Crippen LogP contribution in [0.15, 0.2) is 24.3 Å². The Balaban J connectivity index is 2.60. The zero-order chi connectivity index (χ0) is 32.9. The average Bonchev–Trinajstić information content (AvgIpc) is 2.98. The molecule has 0 bridgehead atoms. The first-order valence-electron chi connectivity index (χ1n) is 15.1. The summed E-state index contributed by atoms with van der Waals surface area (Å²) in [6.45, 7) is 14.1. The van der Waals surface area contributed by atoms with Gasteiger partial charge in [-0.2, -0.15) is 0 Å². The van der Waals surface area contributed by atoms with Gasteiger partial charge < -0.3 is 48.1 Å². The normalized spacial score (nSPS) is 14.8. The van der Waals surface area contributed by atoms with Crippen LogP contribution < -0.4 is 4.74 Å². The topological polar surface area (TPSA) is 114 Å². The second-order valence-corrected chi connectivity index (χ2v) is 11.9. The van der Waals surface area contributed by atoms with Crippen molar-refractivity contribution in [2.24, 2.45) is 5.92 Å². The van der Waals surface area contributed by atoms with E-state index in [4.69, 9.17) is 37.9 Å². The lowest BCUT2D eigenvalue weighted by Crippen LogP contribution is -2.22. The molecule has 10 heteroatoms. The molecule has 0 aliphatic rings. The molecule has 0 aliphatic carbocycles. The predicted molar refractivity (Wildman–Crippen MR) is 168 cm³/mol. The molecule has 4 atom stereocenters. The molecule has 0 amide bonds. The Morgan fingerprint density at radius 2 is 1.07 bits per heavy atom. The fraction of sp³-hybridized carbons (Fsp3) is 0.647. The molecule has 0 fully saturated rings. The standard InChI is InChI=1S/C34H54O10/c1-22(15-37-7)16-44-31-14-30(13-28(33(31)36)21-43-25(4)40-10)34(5,6)29-11-26(19-41-23(2)17-38-8)32(35)27(12-29)20-42-24(3)18-39-9/h11-14,22-25,35-36H,15-21H2,1-10H3. The average molecular weight is 623 g/mol. The van der Waals surface area contributed by atoms with Gasteiger partial charge in [-0.05, 0) is 56.2 Å². The van der Waals surface area contributed by atoms with Crippen molar-refractivity contribution in [3.63, 3.8) is 0 Å². The summed E-state index contributed by atoms with van der Waals surface area (Å²) < 4.78 is 44.9. The summed E-state index contributed by atoms with van der Waals surface area (Å²) in [5.41, 5.74) is 3.06. The zero-order valence-electron chi connectivity index (χ0n) is 28.2. The fourth-order valence-electron chi connectivity index (χ4n) is 4.62. The van der Waals surface area contributed by atoms with Crippen molar-refractivity contribution in [2.45, 2.75) is 85.3 Å². The first-order valence-corrected chi connectivity index (χ1v) is 15.1. The van der Waals surface area contributed by atoms with Crippen molar-refractivity contribution in [3.05, 3.63) is 52.1 Å². The van der Waals surface area contributed by atoms with Crippen LogP contribution in [0.2, 0.25) is 0 Å². The van der Waals surface area contributed by atoms with Crippen molar-refractivity contribution in [1.29, 1.82) is 0 Å². The van der Waals surface area contributed by atoms with E-state index in [1.54, 1.807) is 35.4 Å². The fourth-order valence-corrected chi connectivity index (χ4v) is 4.62. The van der Waals surface area contributed by atoms with Gasteiger partial charge in [0, 0.05) is 56.5 Å². The van der Waals surface area contributed by atoms with Crippen LogP contribution >= 0.6 is 0 Å². The molecule has 2 aromatic rings. The molecule has 2 N–H and O–H groups in total. The highest BCUT2D eigenvalue weighted by Gasteiger charge is 2.29. The van der Waals surface area contributed by atoms with Crippen molar-refractivity contribution < 1.29 is 48.1 Å². The molecule has 250 valence electrons. The van der Waals surface area contributed by atoms with Crippen LogP contribution in [0.3, 0.4) is 0 Å². The molecule has 2 aromatic carbocycles. The molecule has 44 heavy (non-hydrogen) atoms. The zero-order valence-corrected chi connectivity index (χ0v) is 28.2. The quantitative estimate of drug-likeness (QED) is 0.168. The Kier molecular flexibility index (Phi) is 15.9. The van der Waals surface area contributed by atoms with E-state index >= 15 is 0 Å². The van der Waals surface area contributed by atoms with E-state index < -0.39 is 11.7 Å². The molecule has 0 saturated heterocycles. The van der Waals surface area contributed by atoms with Crippen molar-refractivity contribution in [1.82, 2.24) is 0 Å². The maximum absolute atomic E-state index is 11.3. The number of methoxy groups -OCH3 is 4. The third-order valence-electron chi connectivity index (χ3n) is 7.49. The second-order valence-electron chi connectivity index (χ2n) is 11.9. The lowest BCUT2D eigenvalue weighted by atomic mass is 9.76. The van der Waals surface area contributed by atoms with Crippen LogP contribution in [0.4, 0.5) is 0 Å².